The molecular formula is C12H18F3N3O2S. The number of halogens is 3. The van der Waals surface area contributed by atoms with E-state index in [1.807, 2.05) is 18.7 Å². The molecule has 1 N–H and O–H groups in total. The number of alkyl halides is 3. The molecule has 1 saturated heterocycles. The molecule has 9 heteroatoms. The number of rotatable bonds is 7. The van der Waals surface area contributed by atoms with Crippen LogP contribution in [0.4, 0.5) is 13.2 Å². The Labute approximate surface area is 125 Å². The summed E-state index contributed by atoms with van der Waals surface area (Å²) in [6.45, 7) is 1.58. The van der Waals surface area contributed by atoms with Gasteiger partial charge in [0.05, 0.1) is 12.5 Å². The first kappa shape index (κ1) is 16.6. The Morgan fingerprint density at radius 2 is 2.24 bits per heavy atom. The number of hydrogen-bond acceptors (Lipinski definition) is 6. The molecule has 2 rings (SSSR count). The Bertz CT molecular complexity index is 442. The SMILES string of the molecule is CCNC1CSCC1c1nc(CCOCC(F)(F)F)no1. The van der Waals surface area contributed by atoms with Gasteiger partial charge in [-0.05, 0) is 6.54 Å². The lowest BCUT2D eigenvalue weighted by atomic mass is 10.0. The molecule has 1 fully saturated rings. The largest absolute Gasteiger partial charge is 0.411 e. The van der Waals surface area contributed by atoms with Crippen LogP contribution in [0.1, 0.15) is 24.6 Å². The van der Waals surface area contributed by atoms with Crippen molar-refractivity contribution < 1.29 is 22.4 Å². The fraction of sp³-hybridized carbons (Fsp3) is 0.833. The van der Waals surface area contributed by atoms with E-state index in [9.17, 15) is 13.2 Å². The van der Waals surface area contributed by atoms with E-state index in [0.29, 0.717) is 17.8 Å². The second-order valence-corrected chi connectivity index (χ2v) is 5.85. The number of likely N-dealkylation sites (N-methyl/N-ethyl adjacent to an activating group) is 1. The topological polar surface area (TPSA) is 60.2 Å². The molecule has 1 aromatic rings. The van der Waals surface area contributed by atoms with Crippen molar-refractivity contribution in [1.82, 2.24) is 15.5 Å². The van der Waals surface area contributed by atoms with Gasteiger partial charge in [-0.15, -0.1) is 0 Å². The molecule has 1 aliphatic heterocycles. The predicted octanol–water partition coefficient (Wildman–Crippen LogP) is 2.00. The van der Waals surface area contributed by atoms with Gasteiger partial charge in [-0.25, -0.2) is 0 Å². The van der Waals surface area contributed by atoms with E-state index < -0.39 is 12.8 Å². The van der Waals surface area contributed by atoms with Gasteiger partial charge in [0.1, 0.15) is 6.61 Å². The Morgan fingerprint density at radius 3 is 2.95 bits per heavy atom. The summed E-state index contributed by atoms with van der Waals surface area (Å²) in [5.74, 6) is 3.00. The molecule has 2 heterocycles. The summed E-state index contributed by atoms with van der Waals surface area (Å²) in [6.07, 6.45) is -4.09. The van der Waals surface area contributed by atoms with Gasteiger partial charge in [0, 0.05) is 24.0 Å². The molecule has 5 nitrogen and oxygen atoms in total. The Hall–Kier alpha value is -0.800. The molecule has 0 aromatic carbocycles. The normalized spacial score (nSPS) is 22.9. The van der Waals surface area contributed by atoms with Crippen molar-refractivity contribution in [1.29, 1.82) is 0 Å². The minimum absolute atomic E-state index is 0.0749. The fourth-order valence-electron chi connectivity index (χ4n) is 2.13. The van der Waals surface area contributed by atoms with E-state index in [2.05, 4.69) is 20.2 Å². The van der Waals surface area contributed by atoms with Gasteiger partial charge in [-0.3, -0.25) is 0 Å². The molecule has 2 atom stereocenters. The third kappa shape index (κ3) is 5.15. The van der Waals surface area contributed by atoms with E-state index >= 15 is 0 Å². The highest BCUT2D eigenvalue weighted by Gasteiger charge is 2.33. The van der Waals surface area contributed by atoms with Crippen LogP contribution < -0.4 is 5.32 Å². The molecule has 0 spiro atoms. The van der Waals surface area contributed by atoms with Crippen molar-refractivity contribution in [3.8, 4) is 0 Å². The van der Waals surface area contributed by atoms with Crippen LogP contribution in [-0.4, -0.2) is 53.6 Å². The van der Waals surface area contributed by atoms with Crippen molar-refractivity contribution in [2.75, 3.05) is 31.3 Å². The van der Waals surface area contributed by atoms with Gasteiger partial charge in [-0.1, -0.05) is 12.1 Å². The first-order valence-corrected chi connectivity index (χ1v) is 7.93. The predicted molar refractivity (Wildman–Crippen MR) is 72.4 cm³/mol. The second-order valence-electron chi connectivity index (χ2n) is 4.77. The molecule has 1 aliphatic rings. The van der Waals surface area contributed by atoms with Crippen LogP contribution in [0.5, 0.6) is 0 Å². The summed E-state index contributed by atoms with van der Waals surface area (Å²) in [6, 6.07) is 0.301. The summed E-state index contributed by atoms with van der Waals surface area (Å²) >= 11 is 1.82. The highest BCUT2D eigenvalue weighted by Crippen LogP contribution is 2.31. The minimum atomic E-state index is -4.30. The highest BCUT2D eigenvalue weighted by molar-refractivity contribution is 7.99. The van der Waals surface area contributed by atoms with E-state index in [1.54, 1.807) is 0 Å². The maximum Gasteiger partial charge on any atom is 0.411 e. The number of hydrogen-bond donors (Lipinski definition) is 1. The lowest BCUT2D eigenvalue weighted by molar-refractivity contribution is -0.173. The lowest BCUT2D eigenvalue weighted by Crippen LogP contribution is -2.34. The molecule has 120 valence electrons. The molecular weight excluding hydrogens is 307 g/mol. The quantitative estimate of drug-likeness (QED) is 0.774. The zero-order valence-corrected chi connectivity index (χ0v) is 12.5. The minimum Gasteiger partial charge on any atom is -0.372 e. The van der Waals surface area contributed by atoms with Crippen LogP contribution in [0.15, 0.2) is 4.52 Å². The molecule has 0 radical (unpaired) electrons. The van der Waals surface area contributed by atoms with Crippen LogP contribution in [0.2, 0.25) is 0 Å². The van der Waals surface area contributed by atoms with Crippen LogP contribution in [0.25, 0.3) is 0 Å². The Morgan fingerprint density at radius 1 is 1.43 bits per heavy atom. The van der Waals surface area contributed by atoms with Crippen molar-refractivity contribution in [2.24, 2.45) is 0 Å². The van der Waals surface area contributed by atoms with Gasteiger partial charge in [-0.2, -0.15) is 29.9 Å². The molecule has 21 heavy (non-hydrogen) atoms. The van der Waals surface area contributed by atoms with Gasteiger partial charge in [0.2, 0.25) is 5.89 Å². The standard InChI is InChI=1S/C12H18F3N3O2S/c1-2-16-9-6-21-5-8(9)11-17-10(18-20-11)3-4-19-7-12(13,14)15/h8-9,16H,2-7H2,1H3. The molecule has 0 aliphatic carbocycles. The average Bonchev–Trinajstić information content (AvgIpc) is 3.02. The van der Waals surface area contributed by atoms with Crippen LogP contribution in [0.3, 0.4) is 0 Å². The average molecular weight is 325 g/mol. The van der Waals surface area contributed by atoms with Crippen molar-refractivity contribution in [3.63, 3.8) is 0 Å². The van der Waals surface area contributed by atoms with Crippen LogP contribution in [-0.2, 0) is 11.2 Å². The second kappa shape index (κ2) is 7.46. The third-order valence-electron chi connectivity index (χ3n) is 3.08. The lowest BCUT2D eigenvalue weighted by Gasteiger charge is -2.15. The molecule has 0 saturated carbocycles. The number of nitrogens with zero attached hydrogens (tertiary/aromatic N) is 2. The van der Waals surface area contributed by atoms with E-state index in [1.165, 1.54) is 0 Å². The maximum absolute atomic E-state index is 11.9. The van der Waals surface area contributed by atoms with E-state index in [4.69, 9.17) is 4.52 Å². The number of ether oxygens (including phenoxy) is 1. The highest BCUT2D eigenvalue weighted by atomic mass is 32.2. The molecule has 0 bridgehead atoms. The number of aromatic nitrogens is 2. The monoisotopic (exact) mass is 325 g/mol. The van der Waals surface area contributed by atoms with Crippen LogP contribution >= 0.6 is 11.8 Å². The van der Waals surface area contributed by atoms with Crippen LogP contribution in [0, 0.1) is 0 Å². The Kier molecular flexibility index (Phi) is 5.88. The van der Waals surface area contributed by atoms with Crippen molar-refractivity contribution >= 4 is 11.8 Å². The summed E-state index contributed by atoms with van der Waals surface area (Å²) in [5, 5.41) is 7.18. The van der Waals surface area contributed by atoms with E-state index in [-0.39, 0.29) is 18.9 Å². The fourth-order valence-corrected chi connectivity index (χ4v) is 3.50. The molecule has 0 amide bonds. The van der Waals surface area contributed by atoms with Gasteiger partial charge in [0.15, 0.2) is 5.82 Å². The molecule has 1 aromatic heterocycles. The number of thioether (sulfide) groups is 1. The summed E-state index contributed by atoms with van der Waals surface area (Å²) < 4.78 is 45.5. The maximum atomic E-state index is 11.9. The first-order valence-electron chi connectivity index (χ1n) is 6.77. The zero-order valence-electron chi connectivity index (χ0n) is 11.7. The smallest absolute Gasteiger partial charge is 0.372 e. The van der Waals surface area contributed by atoms with Gasteiger partial charge < -0.3 is 14.6 Å². The zero-order chi connectivity index (χ0) is 15.3. The summed E-state index contributed by atoms with van der Waals surface area (Å²) in [4.78, 5) is 4.27. The summed E-state index contributed by atoms with van der Waals surface area (Å²) in [7, 11) is 0. The van der Waals surface area contributed by atoms with Gasteiger partial charge >= 0.3 is 6.18 Å². The van der Waals surface area contributed by atoms with Gasteiger partial charge in [0.25, 0.3) is 0 Å². The summed E-state index contributed by atoms with van der Waals surface area (Å²) in [5.41, 5.74) is 0. The number of nitrogens with one attached hydrogen (secondary N) is 1. The molecule has 2 unspecified atom stereocenters. The third-order valence-corrected chi connectivity index (χ3v) is 4.27. The first-order chi connectivity index (χ1) is 9.99. The van der Waals surface area contributed by atoms with E-state index in [0.717, 1.165) is 18.1 Å². The Balaban J connectivity index is 1.81. The van der Waals surface area contributed by atoms with Crippen molar-refractivity contribution in [3.05, 3.63) is 11.7 Å². The van der Waals surface area contributed by atoms with Crippen molar-refractivity contribution in [2.45, 2.75) is 31.5 Å².